The van der Waals surface area contributed by atoms with Gasteiger partial charge >= 0.3 is 0 Å². The summed E-state index contributed by atoms with van der Waals surface area (Å²) < 4.78 is 5.87. The van der Waals surface area contributed by atoms with Crippen LogP contribution in [0.2, 0.25) is 5.02 Å². The maximum atomic E-state index is 13.2. The van der Waals surface area contributed by atoms with Crippen LogP contribution in [0.3, 0.4) is 0 Å². The molecule has 0 aromatic heterocycles. The molecule has 0 saturated carbocycles. The van der Waals surface area contributed by atoms with Crippen molar-refractivity contribution in [2.75, 3.05) is 13.1 Å². The highest BCUT2D eigenvalue weighted by Gasteiger charge is 2.26. The van der Waals surface area contributed by atoms with E-state index < -0.39 is 6.10 Å². The number of halogens is 1. The first-order chi connectivity index (χ1) is 13.0. The Balaban J connectivity index is 1.73. The fourth-order valence-corrected chi connectivity index (χ4v) is 3.64. The third-order valence-corrected chi connectivity index (χ3v) is 5.23. The summed E-state index contributed by atoms with van der Waals surface area (Å²) in [6.07, 6.45) is 1.68. The molecule has 2 atom stereocenters. The minimum Gasteiger partial charge on any atom is -0.481 e. The topological polar surface area (TPSA) is 41.6 Å². The molecule has 1 aliphatic heterocycles. The lowest BCUT2D eigenvalue weighted by Gasteiger charge is -2.29. The lowest BCUT2D eigenvalue weighted by atomic mass is 10.1. The molecule has 0 aliphatic carbocycles. The SMILES string of the molecule is Cc1ccccc1CN(C[C@H]1CCCN1)C(=O)[C@H](C)Oc1cccc(Cl)c1. The summed E-state index contributed by atoms with van der Waals surface area (Å²) in [6.45, 7) is 6.18. The van der Waals surface area contributed by atoms with Crippen molar-refractivity contribution in [2.24, 2.45) is 0 Å². The van der Waals surface area contributed by atoms with E-state index in [0.717, 1.165) is 19.4 Å². The van der Waals surface area contributed by atoms with Crippen LogP contribution in [0.25, 0.3) is 0 Å². The zero-order chi connectivity index (χ0) is 19.2. The summed E-state index contributed by atoms with van der Waals surface area (Å²) in [4.78, 5) is 15.1. The Labute approximate surface area is 166 Å². The first-order valence-corrected chi connectivity index (χ1v) is 9.89. The van der Waals surface area contributed by atoms with Crippen LogP contribution >= 0.6 is 11.6 Å². The maximum absolute atomic E-state index is 13.2. The zero-order valence-electron chi connectivity index (χ0n) is 16.0. The molecule has 1 heterocycles. The number of ether oxygens (including phenoxy) is 1. The summed E-state index contributed by atoms with van der Waals surface area (Å²) >= 11 is 6.02. The molecule has 0 bridgehead atoms. The highest BCUT2D eigenvalue weighted by molar-refractivity contribution is 6.30. The van der Waals surface area contributed by atoms with Crippen molar-refractivity contribution in [2.45, 2.75) is 45.4 Å². The first-order valence-electron chi connectivity index (χ1n) is 9.52. The van der Waals surface area contributed by atoms with E-state index in [0.29, 0.717) is 29.9 Å². The third kappa shape index (κ3) is 5.47. The van der Waals surface area contributed by atoms with Crippen molar-refractivity contribution >= 4 is 17.5 Å². The summed E-state index contributed by atoms with van der Waals surface area (Å²) in [5, 5.41) is 4.08. The number of nitrogens with one attached hydrogen (secondary N) is 1. The lowest BCUT2D eigenvalue weighted by Crippen LogP contribution is -2.45. The molecule has 3 rings (SSSR count). The Morgan fingerprint density at radius 2 is 2.11 bits per heavy atom. The molecule has 27 heavy (non-hydrogen) atoms. The van der Waals surface area contributed by atoms with Gasteiger partial charge in [0.1, 0.15) is 5.75 Å². The van der Waals surface area contributed by atoms with Crippen molar-refractivity contribution in [1.82, 2.24) is 10.2 Å². The average Bonchev–Trinajstić information content (AvgIpc) is 3.15. The minimum atomic E-state index is -0.575. The van der Waals surface area contributed by atoms with Crippen LogP contribution in [0.5, 0.6) is 5.75 Å². The first kappa shape index (κ1) is 19.7. The Hall–Kier alpha value is -2.04. The van der Waals surface area contributed by atoms with E-state index in [9.17, 15) is 4.79 Å². The highest BCUT2D eigenvalue weighted by atomic mass is 35.5. The van der Waals surface area contributed by atoms with Crippen LogP contribution in [0.1, 0.15) is 30.9 Å². The van der Waals surface area contributed by atoms with Gasteiger partial charge in [0.15, 0.2) is 6.10 Å². The van der Waals surface area contributed by atoms with Gasteiger partial charge in [0.2, 0.25) is 0 Å². The largest absolute Gasteiger partial charge is 0.481 e. The van der Waals surface area contributed by atoms with Crippen molar-refractivity contribution in [3.63, 3.8) is 0 Å². The van der Waals surface area contributed by atoms with Crippen LogP contribution < -0.4 is 10.1 Å². The Morgan fingerprint density at radius 1 is 1.30 bits per heavy atom. The van der Waals surface area contributed by atoms with Gasteiger partial charge in [0, 0.05) is 24.2 Å². The number of nitrogens with zero attached hydrogens (tertiary/aromatic N) is 1. The molecule has 1 fully saturated rings. The molecule has 2 aromatic rings. The predicted molar refractivity (Wildman–Crippen MR) is 109 cm³/mol. The van der Waals surface area contributed by atoms with Crippen molar-refractivity contribution in [1.29, 1.82) is 0 Å². The summed E-state index contributed by atoms with van der Waals surface area (Å²) in [5.41, 5.74) is 2.36. The van der Waals surface area contributed by atoms with Gasteiger partial charge < -0.3 is 15.0 Å². The summed E-state index contributed by atoms with van der Waals surface area (Å²) in [5.74, 6) is 0.602. The van der Waals surface area contributed by atoms with Crippen LogP contribution in [0.15, 0.2) is 48.5 Å². The fourth-order valence-electron chi connectivity index (χ4n) is 3.46. The molecule has 0 unspecified atom stereocenters. The molecule has 0 spiro atoms. The van der Waals surface area contributed by atoms with E-state index >= 15 is 0 Å². The fraction of sp³-hybridized carbons (Fsp3) is 0.409. The Bertz CT molecular complexity index is 774. The Kier molecular flexibility index (Phi) is 6.75. The molecule has 4 nitrogen and oxygen atoms in total. The summed E-state index contributed by atoms with van der Waals surface area (Å²) in [7, 11) is 0. The quantitative estimate of drug-likeness (QED) is 0.775. The van der Waals surface area contributed by atoms with Crippen LogP contribution in [-0.4, -0.2) is 36.0 Å². The number of carbonyl (C=O) groups excluding carboxylic acids is 1. The van der Waals surface area contributed by atoms with Crippen molar-refractivity contribution < 1.29 is 9.53 Å². The van der Waals surface area contributed by atoms with Crippen molar-refractivity contribution in [3.8, 4) is 5.75 Å². The molecule has 144 valence electrons. The molecular weight excluding hydrogens is 360 g/mol. The van der Waals surface area contributed by atoms with Gasteiger partial charge in [-0.05, 0) is 62.6 Å². The smallest absolute Gasteiger partial charge is 0.263 e. The van der Waals surface area contributed by atoms with E-state index in [2.05, 4.69) is 24.4 Å². The van der Waals surface area contributed by atoms with Crippen LogP contribution in [-0.2, 0) is 11.3 Å². The second kappa shape index (κ2) is 9.25. The van der Waals surface area contributed by atoms with E-state index in [1.807, 2.05) is 29.2 Å². The molecular formula is C22H27ClN2O2. The second-order valence-corrected chi connectivity index (χ2v) is 7.59. The number of hydrogen-bond acceptors (Lipinski definition) is 3. The number of rotatable bonds is 7. The number of hydrogen-bond donors (Lipinski definition) is 1. The molecule has 1 saturated heterocycles. The maximum Gasteiger partial charge on any atom is 0.263 e. The van der Waals surface area contributed by atoms with Gasteiger partial charge in [-0.1, -0.05) is 41.9 Å². The number of aryl methyl sites for hydroxylation is 1. The molecule has 1 N–H and O–H groups in total. The minimum absolute atomic E-state index is 0.00747. The van der Waals surface area contributed by atoms with E-state index in [1.54, 1.807) is 19.1 Å². The van der Waals surface area contributed by atoms with Gasteiger partial charge in [0.05, 0.1) is 0 Å². The van der Waals surface area contributed by atoms with Gasteiger partial charge in [-0.15, -0.1) is 0 Å². The van der Waals surface area contributed by atoms with Gasteiger partial charge in [-0.2, -0.15) is 0 Å². The molecule has 5 heteroatoms. The van der Waals surface area contributed by atoms with Crippen molar-refractivity contribution in [3.05, 3.63) is 64.7 Å². The zero-order valence-corrected chi connectivity index (χ0v) is 16.7. The molecule has 1 amide bonds. The normalized spacial score (nSPS) is 17.5. The van der Waals surface area contributed by atoms with Gasteiger partial charge in [-0.3, -0.25) is 4.79 Å². The summed E-state index contributed by atoms with van der Waals surface area (Å²) in [6, 6.07) is 15.7. The molecule has 1 aliphatic rings. The standard InChI is InChI=1S/C22H27ClN2O2/c1-16-7-3-4-8-18(16)14-25(15-20-10-6-12-24-20)22(26)17(2)27-21-11-5-9-19(23)13-21/h3-5,7-9,11,13,17,20,24H,6,10,12,14-15H2,1-2H3/t17-,20+/m0/s1. The second-order valence-electron chi connectivity index (χ2n) is 7.16. The highest BCUT2D eigenvalue weighted by Crippen LogP contribution is 2.20. The Morgan fingerprint density at radius 3 is 2.81 bits per heavy atom. The number of amides is 1. The monoisotopic (exact) mass is 386 g/mol. The number of benzene rings is 2. The van der Waals surface area contributed by atoms with E-state index in [-0.39, 0.29) is 5.91 Å². The van der Waals surface area contributed by atoms with Crippen LogP contribution in [0, 0.1) is 6.92 Å². The average molecular weight is 387 g/mol. The lowest BCUT2D eigenvalue weighted by molar-refractivity contribution is -0.139. The van der Waals surface area contributed by atoms with Crippen LogP contribution in [0.4, 0.5) is 0 Å². The number of carbonyl (C=O) groups is 1. The van der Waals surface area contributed by atoms with Gasteiger partial charge in [-0.25, -0.2) is 0 Å². The third-order valence-electron chi connectivity index (χ3n) is 4.99. The van der Waals surface area contributed by atoms with E-state index in [1.165, 1.54) is 11.1 Å². The predicted octanol–water partition coefficient (Wildman–Crippen LogP) is 4.20. The molecule has 2 aromatic carbocycles. The van der Waals surface area contributed by atoms with E-state index in [4.69, 9.17) is 16.3 Å². The van der Waals surface area contributed by atoms with Gasteiger partial charge in [0.25, 0.3) is 5.91 Å². The molecule has 0 radical (unpaired) electrons.